The third-order valence-corrected chi connectivity index (χ3v) is 3.73. The molecule has 0 aliphatic carbocycles. The zero-order chi connectivity index (χ0) is 13.1. The van der Waals surface area contributed by atoms with E-state index in [2.05, 4.69) is 38.6 Å². The lowest BCUT2D eigenvalue weighted by Crippen LogP contribution is -2.29. The first-order valence-electron chi connectivity index (χ1n) is 5.81. The highest BCUT2D eigenvalue weighted by Crippen LogP contribution is 2.21. The summed E-state index contributed by atoms with van der Waals surface area (Å²) in [6, 6.07) is 8.36. The van der Waals surface area contributed by atoms with Crippen molar-refractivity contribution in [1.29, 1.82) is 0 Å². The summed E-state index contributed by atoms with van der Waals surface area (Å²) in [4.78, 5) is 0. The minimum absolute atomic E-state index is 0.0832. The van der Waals surface area contributed by atoms with Gasteiger partial charge in [-0.05, 0) is 31.0 Å². The van der Waals surface area contributed by atoms with E-state index in [4.69, 9.17) is 5.84 Å². The quantitative estimate of drug-likeness (QED) is 0.673. The molecule has 18 heavy (non-hydrogen) atoms. The SMILES string of the molecule is Cc1c(C(Cc2ccc(Br)cc2)NN)cnn1C. The standard InChI is InChI=1S/C13H17BrN4/c1-9-12(8-16-18(9)2)13(17-15)7-10-3-5-11(14)6-4-10/h3-6,8,13,17H,7,15H2,1-2H3. The maximum atomic E-state index is 5.66. The predicted molar refractivity (Wildman–Crippen MR) is 75.9 cm³/mol. The van der Waals surface area contributed by atoms with Crippen molar-refractivity contribution in [2.24, 2.45) is 12.9 Å². The Morgan fingerprint density at radius 3 is 2.56 bits per heavy atom. The molecule has 0 aliphatic heterocycles. The van der Waals surface area contributed by atoms with E-state index >= 15 is 0 Å². The molecule has 0 fully saturated rings. The summed E-state index contributed by atoms with van der Waals surface area (Å²) in [6.45, 7) is 2.05. The Labute approximate surface area is 115 Å². The Kier molecular flexibility index (Phi) is 4.16. The third kappa shape index (κ3) is 2.80. The number of rotatable bonds is 4. The van der Waals surface area contributed by atoms with Gasteiger partial charge in [-0.25, -0.2) is 0 Å². The van der Waals surface area contributed by atoms with E-state index in [1.165, 1.54) is 5.56 Å². The molecule has 0 spiro atoms. The number of hydrogen-bond acceptors (Lipinski definition) is 3. The Morgan fingerprint density at radius 2 is 2.06 bits per heavy atom. The molecule has 3 N–H and O–H groups in total. The summed E-state index contributed by atoms with van der Waals surface area (Å²) >= 11 is 3.43. The summed E-state index contributed by atoms with van der Waals surface area (Å²) in [6.07, 6.45) is 2.72. The van der Waals surface area contributed by atoms with Gasteiger partial charge in [0.05, 0.1) is 12.2 Å². The van der Waals surface area contributed by atoms with E-state index in [1.807, 2.05) is 37.0 Å². The second-order valence-corrected chi connectivity index (χ2v) is 5.27. The fourth-order valence-corrected chi connectivity index (χ4v) is 2.24. The van der Waals surface area contributed by atoms with Gasteiger partial charge in [-0.2, -0.15) is 5.10 Å². The number of aryl methyl sites for hydroxylation is 1. The number of benzene rings is 1. The van der Waals surface area contributed by atoms with E-state index < -0.39 is 0 Å². The Balaban J connectivity index is 2.19. The normalized spacial score (nSPS) is 12.7. The molecule has 1 aromatic carbocycles. The molecule has 2 aromatic rings. The first-order valence-corrected chi connectivity index (χ1v) is 6.60. The molecule has 0 amide bonds. The Hall–Kier alpha value is -1.17. The number of hydrazine groups is 1. The Morgan fingerprint density at radius 1 is 1.39 bits per heavy atom. The Bertz CT molecular complexity index is 518. The molecule has 0 saturated heterocycles. The van der Waals surface area contributed by atoms with E-state index in [-0.39, 0.29) is 6.04 Å². The van der Waals surface area contributed by atoms with Gasteiger partial charge >= 0.3 is 0 Å². The highest BCUT2D eigenvalue weighted by Gasteiger charge is 2.15. The third-order valence-electron chi connectivity index (χ3n) is 3.20. The fraction of sp³-hybridized carbons (Fsp3) is 0.308. The molecule has 0 aliphatic rings. The lowest BCUT2D eigenvalue weighted by molar-refractivity contribution is 0.548. The highest BCUT2D eigenvalue weighted by atomic mass is 79.9. The molecule has 5 heteroatoms. The number of nitrogens with two attached hydrogens (primary N) is 1. The lowest BCUT2D eigenvalue weighted by atomic mass is 10.0. The van der Waals surface area contributed by atoms with Crippen molar-refractivity contribution < 1.29 is 0 Å². The molecule has 1 aromatic heterocycles. The van der Waals surface area contributed by atoms with Crippen molar-refractivity contribution in [3.8, 4) is 0 Å². The van der Waals surface area contributed by atoms with Crippen molar-refractivity contribution >= 4 is 15.9 Å². The van der Waals surface area contributed by atoms with Gasteiger partial charge < -0.3 is 0 Å². The van der Waals surface area contributed by atoms with Crippen LogP contribution in [0.2, 0.25) is 0 Å². The predicted octanol–water partition coefficient (Wildman–Crippen LogP) is 2.24. The molecule has 0 saturated carbocycles. The number of nitrogens with one attached hydrogen (secondary N) is 1. The van der Waals surface area contributed by atoms with E-state index in [9.17, 15) is 0 Å². The maximum Gasteiger partial charge on any atom is 0.0540 e. The minimum atomic E-state index is 0.0832. The summed E-state index contributed by atoms with van der Waals surface area (Å²) in [5, 5.41) is 4.25. The van der Waals surface area contributed by atoms with Gasteiger partial charge in [0.25, 0.3) is 0 Å². The van der Waals surface area contributed by atoms with Crippen molar-refractivity contribution in [2.75, 3.05) is 0 Å². The van der Waals surface area contributed by atoms with Gasteiger partial charge in [0, 0.05) is 22.8 Å². The average Bonchev–Trinajstić information content (AvgIpc) is 2.70. The van der Waals surface area contributed by atoms with Crippen molar-refractivity contribution in [3.05, 3.63) is 51.8 Å². The summed E-state index contributed by atoms with van der Waals surface area (Å²) < 4.78 is 2.95. The molecule has 1 heterocycles. The number of hydrogen-bond donors (Lipinski definition) is 2. The van der Waals surface area contributed by atoms with Crippen LogP contribution in [0.5, 0.6) is 0 Å². The average molecular weight is 309 g/mol. The molecule has 0 radical (unpaired) electrons. The molecular formula is C13H17BrN4. The van der Waals surface area contributed by atoms with E-state index in [0.29, 0.717) is 0 Å². The first kappa shape index (κ1) is 13.3. The van der Waals surface area contributed by atoms with Crippen LogP contribution in [0.4, 0.5) is 0 Å². The summed E-state index contributed by atoms with van der Waals surface area (Å²) in [5.74, 6) is 5.66. The van der Waals surface area contributed by atoms with Crippen LogP contribution in [0.3, 0.4) is 0 Å². The van der Waals surface area contributed by atoms with Crippen molar-refractivity contribution in [3.63, 3.8) is 0 Å². The van der Waals surface area contributed by atoms with Gasteiger partial charge in [0.2, 0.25) is 0 Å². The molecule has 4 nitrogen and oxygen atoms in total. The highest BCUT2D eigenvalue weighted by molar-refractivity contribution is 9.10. The van der Waals surface area contributed by atoms with Crippen LogP contribution < -0.4 is 11.3 Å². The summed E-state index contributed by atoms with van der Waals surface area (Å²) in [7, 11) is 1.94. The zero-order valence-corrected chi connectivity index (χ0v) is 12.1. The van der Waals surface area contributed by atoms with Gasteiger partial charge in [-0.3, -0.25) is 16.0 Å². The molecular weight excluding hydrogens is 292 g/mol. The van der Waals surface area contributed by atoms with Gasteiger partial charge in [0.15, 0.2) is 0 Å². The lowest BCUT2D eigenvalue weighted by Gasteiger charge is -2.15. The van der Waals surface area contributed by atoms with Crippen LogP contribution in [0.25, 0.3) is 0 Å². The van der Waals surface area contributed by atoms with E-state index in [0.717, 1.165) is 22.2 Å². The smallest absolute Gasteiger partial charge is 0.0540 e. The van der Waals surface area contributed by atoms with Gasteiger partial charge in [-0.1, -0.05) is 28.1 Å². The van der Waals surface area contributed by atoms with Crippen LogP contribution in [0.1, 0.15) is 22.9 Å². The molecule has 2 rings (SSSR count). The van der Waals surface area contributed by atoms with Gasteiger partial charge in [-0.15, -0.1) is 0 Å². The maximum absolute atomic E-state index is 5.66. The number of halogens is 1. The van der Waals surface area contributed by atoms with Crippen LogP contribution in [-0.4, -0.2) is 9.78 Å². The molecule has 0 bridgehead atoms. The first-order chi connectivity index (χ1) is 8.61. The van der Waals surface area contributed by atoms with Crippen molar-refractivity contribution in [1.82, 2.24) is 15.2 Å². The number of nitrogens with zero attached hydrogens (tertiary/aromatic N) is 2. The second kappa shape index (κ2) is 5.65. The van der Waals surface area contributed by atoms with Crippen LogP contribution >= 0.6 is 15.9 Å². The van der Waals surface area contributed by atoms with Crippen molar-refractivity contribution in [2.45, 2.75) is 19.4 Å². The fourth-order valence-electron chi connectivity index (χ4n) is 1.97. The summed E-state index contributed by atoms with van der Waals surface area (Å²) in [5.41, 5.74) is 6.39. The minimum Gasteiger partial charge on any atom is -0.273 e. The van der Waals surface area contributed by atoms with Crippen LogP contribution in [0, 0.1) is 6.92 Å². The number of aromatic nitrogens is 2. The molecule has 96 valence electrons. The molecule has 1 unspecified atom stereocenters. The molecule has 1 atom stereocenters. The van der Waals surface area contributed by atoms with Crippen LogP contribution in [0.15, 0.2) is 34.9 Å². The van der Waals surface area contributed by atoms with Gasteiger partial charge in [0.1, 0.15) is 0 Å². The van der Waals surface area contributed by atoms with E-state index in [1.54, 1.807) is 0 Å². The monoisotopic (exact) mass is 308 g/mol. The topological polar surface area (TPSA) is 55.9 Å². The largest absolute Gasteiger partial charge is 0.273 e. The second-order valence-electron chi connectivity index (χ2n) is 4.36. The zero-order valence-electron chi connectivity index (χ0n) is 10.5. The van der Waals surface area contributed by atoms with Crippen LogP contribution in [-0.2, 0) is 13.5 Å².